The second-order valence-corrected chi connectivity index (χ2v) is 5.02. The van der Waals surface area contributed by atoms with Gasteiger partial charge >= 0.3 is 0 Å². The third kappa shape index (κ3) is 2.38. The fourth-order valence-electron chi connectivity index (χ4n) is 2.87. The first-order valence-electron chi connectivity index (χ1n) is 6.14. The first-order valence-corrected chi connectivity index (χ1v) is 6.14. The van der Waals surface area contributed by atoms with Gasteiger partial charge in [-0.3, -0.25) is 0 Å². The molecule has 2 nitrogen and oxygen atoms in total. The van der Waals surface area contributed by atoms with Crippen LogP contribution in [-0.2, 0) is 0 Å². The van der Waals surface area contributed by atoms with Crippen molar-refractivity contribution in [3.63, 3.8) is 0 Å². The minimum absolute atomic E-state index is 0.389. The van der Waals surface area contributed by atoms with E-state index in [1.807, 2.05) is 12.1 Å². The molecule has 0 saturated heterocycles. The Balaban J connectivity index is 2.23. The Morgan fingerprint density at radius 1 is 1.19 bits per heavy atom. The maximum Gasteiger partial charge on any atom is 0.115 e. The molecule has 1 fully saturated rings. The molecule has 2 heteroatoms. The van der Waals surface area contributed by atoms with Crippen molar-refractivity contribution in [3.8, 4) is 5.75 Å². The molecule has 0 spiro atoms. The van der Waals surface area contributed by atoms with Gasteiger partial charge in [-0.25, -0.2) is 0 Å². The minimum Gasteiger partial charge on any atom is -0.508 e. The molecule has 0 aliphatic heterocycles. The molecule has 16 heavy (non-hydrogen) atoms. The van der Waals surface area contributed by atoms with Crippen LogP contribution in [0.2, 0.25) is 0 Å². The van der Waals surface area contributed by atoms with Crippen molar-refractivity contribution in [3.05, 3.63) is 29.8 Å². The summed E-state index contributed by atoms with van der Waals surface area (Å²) in [6.45, 7) is 0. The number of likely N-dealkylation sites (N-methyl/N-ethyl adjacent to an activating group) is 1. The quantitative estimate of drug-likeness (QED) is 0.826. The van der Waals surface area contributed by atoms with E-state index in [-0.39, 0.29) is 0 Å². The molecule has 0 amide bonds. The first-order chi connectivity index (χ1) is 7.68. The lowest BCUT2D eigenvalue weighted by Crippen LogP contribution is -2.36. The Morgan fingerprint density at radius 3 is 2.62 bits per heavy atom. The summed E-state index contributed by atoms with van der Waals surface area (Å²) in [7, 11) is 4.32. The van der Waals surface area contributed by atoms with Crippen molar-refractivity contribution >= 4 is 0 Å². The summed E-state index contributed by atoms with van der Waals surface area (Å²) >= 11 is 0. The largest absolute Gasteiger partial charge is 0.508 e. The molecule has 0 heterocycles. The Kier molecular flexibility index (Phi) is 3.49. The van der Waals surface area contributed by atoms with Gasteiger partial charge in [-0.15, -0.1) is 0 Å². The van der Waals surface area contributed by atoms with Gasteiger partial charge in [-0.2, -0.15) is 0 Å². The fraction of sp³-hybridized carbons (Fsp3) is 0.571. The lowest BCUT2D eigenvalue weighted by molar-refractivity contribution is 0.199. The molecule has 1 aromatic rings. The highest BCUT2D eigenvalue weighted by atomic mass is 16.3. The summed E-state index contributed by atoms with van der Waals surface area (Å²) < 4.78 is 0. The maximum atomic E-state index is 9.55. The van der Waals surface area contributed by atoms with Crippen LogP contribution in [0.1, 0.15) is 37.2 Å². The molecule has 1 saturated carbocycles. The zero-order chi connectivity index (χ0) is 11.5. The summed E-state index contributed by atoms with van der Waals surface area (Å²) in [6, 6.07) is 8.39. The summed E-state index contributed by atoms with van der Waals surface area (Å²) in [5.74, 6) is 0.969. The van der Waals surface area contributed by atoms with E-state index >= 15 is 0 Å². The van der Waals surface area contributed by atoms with Gasteiger partial charge < -0.3 is 10.0 Å². The van der Waals surface area contributed by atoms with E-state index in [1.165, 1.54) is 31.2 Å². The highest BCUT2D eigenvalue weighted by Gasteiger charge is 2.27. The van der Waals surface area contributed by atoms with Crippen LogP contribution in [0.4, 0.5) is 0 Å². The van der Waals surface area contributed by atoms with Crippen LogP contribution < -0.4 is 0 Å². The van der Waals surface area contributed by atoms with E-state index in [4.69, 9.17) is 0 Å². The number of nitrogens with zero attached hydrogens (tertiary/aromatic N) is 1. The molecule has 2 rings (SSSR count). The van der Waals surface area contributed by atoms with Gasteiger partial charge in [-0.05, 0) is 50.6 Å². The molecular formula is C14H21NO. The van der Waals surface area contributed by atoms with Crippen molar-refractivity contribution in [2.75, 3.05) is 14.1 Å². The van der Waals surface area contributed by atoms with Crippen LogP contribution in [0, 0.1) is 0 Å². The lowest BCUT2D eigenvalue weighted by Gasteiger charge is -2.36. The maximum absolute atomic E-state index is 9.55. The standard InChI is InChI=1S/C14H21NO/c1-15(2)14-9-4-3-8-13(14)11-6-5-7-12(16)10-11/h5-7,10,13-14,16H,3-4,8-9H2,1-2H3/t13-,14-/m1/s1. The van der Waals surface area contributed by atoms with Gasteiger partial charge in [0.1, 0.15) is 5.75 Å². The average Bonchev–Trinajstić information content (AvgIpc) is 2.29. The van der Waals surface area contributed by atoms with Crippen LogP contribution in [0.25, 0.3) is 0 Å². The van der Waals surface area contributed by atoms with E-state index in [0.717, 1.165) is 0 Å². The van der Waals surface area contributed by atoms with E-state index < -0.39 is 0 Å². The number of hydrogen-bond donors (Lipinski definition) is 1. The highest BCUT2D eigenvalue weighted by Crippen LogP contribution is 2.36. The van der Waals surface area contributed by atoms with Crippen molar-refractivity contribution in [1.82, 2.24) is 4.90 Å². The van der Waals surface area contributed by atoms with Gasteiger partial charge in [0, 0.05) is 6.04 Å². The molecule has 0 bridgehead atoms. The second kappa shape index (κ2) is 4.88. The van der Waals surface area contributed by atoms with Crippen LogP contribution in [0.3, 0.4) is 0 Å². The molecule has 0 unspecified atom stereocenters. The molecule has 1 aliphatic carbocycles. The molecule has 1 N–H and O–H groups in total. The van der Waals surface area contributed by atoms with Gasteiger partial charge in [0.15, 0.2) is 0 Å². The third-order valence-corrected chi connectivity index (χ3v) is 3.69. The molecule has 88 valence electrons. The average molecular weight is 219 g/mol. The molecule has 0 aromatic heterocycles. The number of hydrogen-bond acceptors (Lipinski definition) is 2. The minimum atomic E-state index is 0.389. The van der Waals surface area contributed by atoms with Crippen LogP contribution in [-0.4, -0.2) is 30.1 Å². The number of phenols is 1. The van der Waals surface area contributed by atoms with E-state index in [2.05, 4.69) is 25.1 Å². The van der Waals surface area contributed by atoms with Crippen molar-refractivity contribution in [2.45, 2.75) is 37.6 Å². The third-order valence-electron chi connectivity index (χ3n) is 3.69. The molecule has 2 atom stereocenters. The molecular weight excluding hydrogens is 198 g/mol. The van der Waals surface area contributed by atoms with Crippen molar-refractivity contribution in [1.29, 1.82) is 0 Å². The molecule has 1 aromatic carbocycles. The van der Waals surface area contributed by atoms with Gasteiger partial charge in [-0.1, -0.05) is 25.0 Å². The van der Waals surface area contributed by atoms with E-state index in [0.29, 0.717) is 17.7 Å². The second-order valence-electron chi connectivity index (χ2n) is 5.02. The van der Waals surface area contributed by atoms with Gasteiger partial charge in [0.2, 0.25) is 0 Å². The Hall–Kier alpha value is -1.02. The summed E-state index contributed by atoms with van der Waals surface area (Å²) in [5, 5.41) is 9.55. The SMILES string of the molecule is CN(C)[C@@H]1CCCC[C@@H]1c1cccc(O)c1. The summed E-state index contributed by atoms with van der Waals surface area (Å²) in [5.41, 5.74) is 1.29. The van der Waals surface area contributed by atoms with Crippen LogP contribution in [0.5, 0.6) is 5.75 Å². The number of benzene rings is 1. The van der Waals surface area contributed by atoms with Crippen LogP contribution in [0.15, 0.2) is 24.3 Å². The molecule has 0 radical (unpaired) electrons. The number of phenolic OH excluding ortho intramolecular Hbond substituents is 1. The smallest absolute Gasteiger partial charge is 0.115 e. The Labute approximate surface area is 97.9 Å². The van der Waals surface area contributed by atoms with E-state index in [1.54, 1.807) is 6.07 Å². The number of aromatic hydroxyl groups is 1. The summed E-state index contributed by atoms with van der Waals surface area (Å²) in [6.07, 6.45) is 5.16. The van der Waals surface area contributed by atoms with Gasteiger partial charge in [0.25, 0.3) is 0 Å². The Morgan fingerprint density at radius 2 is 1.94 bits per heavy atom. The predicted octanol–water partition coefficient (Wildman–Crippen LogP) is 2.98. The number of rotatable bonds is 2. The fourth-order valence-corrected chi connectivity index (χ4v) is 2.87. The highest BCUT2D eigenvalue weighted by molar-refractivity contribution is 5.31. The zero-order valence-electron chi connectivity index (χ0n) is 10.2. The van der Waals surface area contributed by atoms with Crippen molar-refractivity contribution < 1.29 is 5.11 Å². The van der Waals surface area contributed by atoms with Crippen LogP contribution >= 0.6 is 0 Å². The first kappa shape index (κ1) is 11.5. The van der Waals surface area contributed by atoms with Gasteiger partial charge in [0.05, 0.1) is 0 Å². The normalized spacial score (nSPS) is 25.9. The zero-order valence-corrected chi connectivity index (χ0v) is 10.2. The topological polar surface area (TPSA) is 23.5 Å². The predicted molar refractivity (Wildman–Crippen MR) is 66.8 cm³/mol. The summed E-state index contributed by atoms with van der Waals surface area (Å²) in [4.78, 5) is 2.33. The Bertz CT molecular complexity index is 348. The molecule has 1 aliphatic rings. The van der Waals surface area contributed by atoms with Crippen molar-refractivity contribution in [2.24, 2.45) is 0 Å². The lowest BCUT2D eigenvalue weighted by atomic mass is 9.79. The van der Waals surface area contributed by atoms with E-state index in [9.17, 15) is 5.11 Å². The monoisotopic (exact) mass is 219 g/mol.